The molecular weight excluding hydrogens is 462 g/mol. The number of benzene rings is 4. The highest BCUT2D eigenvalue weighted by molar-refractivity contribution is 5.88. The first kappa shape index (κ1) is 24.4. The summed E-state index contributed by atoms with van der Waals surface area (Å²) in [6.45, 7) is 2.10. The van der Waals surface area contributed by atoms with Crippen LogP contribution in [0.15, 0.2) is 54.6 Å². The Balaban J connectivity index is 1.62. The van der Waals surface area contributed by atoms with Crippen LogP contribution in [0.4, 0.5) is 26.3 Å². The number of hydrogen-bond donors (Lipinski definition) is 0. The number of aryl methyl sites for hydroxylation is 1. The molecule has 4 rings (SSSR count). The minimum Gasteiger partial charge on any atom is -0.206 e. The number of halogens is 6. The van der Waals surface area contributed by atoms with E-state index in [1.807, 2.05) is 6.07 Å². The van der Waals surface area contributed by atoms with Gasteiger partial charge in [-0.2, -0.15) is 0 Å². The molecule has 0 bridgehead atoms. The number of unbranched alkanes of at least 4 members (excludes halogenated alkanes) is 2. The third-order valence-corrected chi connectivity index (χ3v) is 5.75. The molecule has 0 aliphatic carbocycles. The molecule has 0 saturated carbocycles. The largest absolute Gasteiger partial charge is 0.206 e. The van der Waals surface area contributed by atoms with Crippen molar-refractivity contribution in [2.24, 2.45) is 0 Å². The molecule has 0 heterocycles. The summed E-state index contributed by atoms with van der Waals surface area (Å²) in [6.07, 6.45) is 3.92. The van der Waals surface area contributed by atoms with E-state index < -0.39 is 40.3 Å². The third-order valence-electron chi connectivity index (χ3n) is 5.75. The van der Waals surface area contributed by atoms with Gasteiger partial charge in [0.15, 0.2) is 17.5 Å². The lowest BCUT2D eigenvalue weighted by atomic mass is 9.98. The zero-order chi connectivity index (χ0) is 25.1. The van der Waals surface area contributed by atoms with E-state index in [9.17, 15) is 26.3 Å². The Morgan fingerprint density at radius 2 is 1.46 bits per heavy atom. The SMILES string of the molecule is CCCCCc1ccc(C#Cc2ccc(-c3cc(F)c4c(F)c(F)c(F)cc4c3)c(F)c2)c(F)c1. The van der Waals surface area contributed by atoms with Gasteiger partial charge in [-0.25, -0.2) is 26.3 Å². The van der Waals surface area contributed by atoms with Gasteiger partial charge in [-0.15, -0.1) is 0 Å². The fraction of sp³-hybridized carbons (Fsp3) is 0.172. The maximum Gasteiger partial charge on any atom is 0.195 e. The van der Waals surface area contributed by atoms with E-state index in [4.69, 9.17) is 0 Å². The highest BCUT2D eigenvalue weighted by atomic mass is 19.2. The predicted octanol–water partition coefficient (Wildman–Crippen LogP) is 8.47. The van der Waals surface area contributed by atoms with Gasteiger partial charge in [0.05, 0.1) is 10.9 Å². The normalized spacial score (nSPS) is 10.9. The number of hydrogen-bond acceptors (Lipinski definition) is 0. The predicted molar refractivity (Wildman–Crippen MR) is 125 cm³/mol. The van der Waals surface area contributed by atoms with E-state index in [0.29, 0.717) is 6.07 Å². The molecule has 4 aromatic carbocycles. The summed E-state index contributed by atoms with van der Waals surface area (Å²) in [5.74, 6) is -1.85. The van der Waals surface area contributed by atoms with E-state index in [1.54, 1.807) is 6.07 Å². The fourth-order valence-corrected chi connectivity index (χ4v) is 3.90. The third kappa shape index (κ3) is 5.19. The summed E-state index contributed by atoms with van der Waals surface area (Å²) in [4.78, 5) is 0. The van der Waals surface area contributed by atoms with Gasteiger partial charge in [0.1, 0.15) is 17.5 Å². The molecule has 178 valence electrons. The lowest BCUT2D eigenvalue weighted by Crippen LogP contribution is -1.96. The Labute approximate surface area is 199 Å². The van der Waals surface area contributed by atoms with Crippen LogP contribution in [0.2, 0.25) is 0 Å². The molecule has 0 N–H and O–H groups in total. The molecule has 0 nitrogen and oxygen atoms in total. The molecule has 0 amide bonds. The van der Waals surface area contributed by atoms with Crippen molar-refractivity contribution in [2.45, 2.75) is 32.6 Å². The molecule has 0 fully saturated rings. The summed E-state index contributed by atoms with van der Waals surface area (Å²) in [7, 11) is 0. The number of rotatable bonds is 5. The van der Waals surface area contributed by atoms with Crippen molar-refractivity contribution in [3.05, 3.63) is 106 Å². The Kier molecular flexibility index (Phi) is 7.16. The van der Waals surface area contributed by atoms with Crippen molar-refractivity contribution in [3.8, 4) is 23.0 Å². The van der Waals surface area contributed by atoms with Gasteiger partial charge in [-0.05, 0) is 71.8 Å². The maximum atomic E-state index is 14.8. The van der Waals surface area contributed by atoms with Crippen LogP contribution < -0.4 is 0 Å². The van der Waals surface area contributed by atoms with Crippen molar-refractivity contribution < 1.29 is 26.3 Å². The van der Waals surface area contributed by atoms with Crippen LogP contribution in [-0.4, -0.2) is 0 Å². The van der Waals surface area contributed by atoms with Crippen LogP contribution in [0.5, 0.6) is 0 Å². The highest BCUT2D eigenvalue weighted by Crippen LogP contribution is 2.32. The van der Waals surface area contributed by atoms with Crippen LogP contribution in [0.25, 0.3) is 21.9 Å². The molecule has 6 heteroatoms. The minimum absolute atomic E-state index is 0.0159. The molecular formula is C29H20F6. The summed E-state index contributed by atoms with van der Waals surface area (Å²) in [5.41, 5.74) is 1.31. The zero-order valence-corrected chi connectivity index (χ0v) is 18.8. The Morgan fingerprint density at radius 3 is 2.17 bits per heavy atom. The lowest BCUT2D eigenvalue weighted by molar-refractivity contribution is 0.451. The Hall–Kier alpha value is -3.72. The monoisotopic (exact) mass is 482 g/mol. The van der Waals surface area contributed by atoms with Crippen LogP contribution >= 0.6 is 0 Å². The van der Waals surface area contributed by atoms with Gasteiger partial charge in [-0.1, -0.05) is 43.7 Å². The van der Waals surface area contributed by atoms with E-state index in [-0.39, 0.29) is 27.6 Å². The van der Waals surface area contributed by atoms with Gasteiger partial charge in [0, 0.05) is 11.1 Å². The van der Waals surface area contributed by atoms with Crippen molar-refractivity contribution in [3.63, 3.8) is 0 Å². The first-order chi connectivity index (χ1) is 16.8. The minimum atomic E-state index is -1.78. The van der Waals surface area contributed by atoms with Gasteiger partial charge >= 0.3 is 0 Å². The number of fused-ring (bicyclic) bond motifs is 1. The topological polar surface area (TPSA) is 0 Å². The first-order valence-corrected chi connectivity index (χ1v) is 11.2. The second-order valence-corrected chi connectivity index (χ2v) is 8.26. The molecule has 0 aromatic heterocycles. The van der Waals surface area contributed by atoms with Crippen molar-refractivity contribution in [2.75, 3.05) is 0 Å². The van der Waals surface area contributed by atoms with Gasteiger partial charge < -0.3 is 0 Å². The van der Waals surface area contributed by atoms with Crippen molar-refractivity contribution >= 4 is 10.8 Å². The van der Waals surface area contributed by atoms with Crippen LogP contribution in [-0.2, 0) is 6.42 Å². The summed E-state index contributed by atoms with van der Waals surface area (Å²) in [6, 6.07) is 11.4. The first-order valence-electron chi connectivity index (χ1n) is 11.2. The fourth-order valence-electron chi connectivity index (χ4n) is 3.90. The van der Waals surface area contributed by atoms with Crippen molar-refractivity contribution in [1.82, 2.24) is 0 Å². The van der Waals surface area contributed by atoms with Crippen LogP contribution in [0.1, 0.15) is 42.9 Å². The molecule has 0 radical (unpaired) electrons. The lowest BCUT2D eigenvalue weighted by Gasteiger charge is -2.09. The van der Waals surface area contributed by atoms with Crippen LogP contribution in [0, 0.1) is 46.7 Å². The average Bonchev–Trinajstić information content (AvgIpc) is 2.82. The molecule has 0 unspecified atom stereocenters. The average molecular weight is 482 g/mol. The van der Waals surface area contributed by atoms with Gasteiger partial charge in [0.25, 0.3) is 0 Å². The highest BCUT2D eigenvalue weighted by Gasteiger charge is 2.18. The molecule has 0 aliphatic heterocycles. The zero-order valence-electron chi connectivity index (χ0n) is 18.8. The summed E-state index contributed by atoms with van der Waals surface area (Å²) < 4.78 is 84.7. The van der Waals surface area contributed by atoms with E-state index in [1.165, 1.54) is 24.3 Å². The molecule has 4 aromatic rings. The van der Waals surface area contributed by atoms with E-state index in [2.05, 4.69) is 18.8 Å². The van der Waals surface area contributed by atoms with Gasteiger partial charge in [-0.3, -0.25) is 0 Å². The second kappa shape index (κ2) is 10.3. The molecule has 0 aliphatic rings. The Bertz CT molecular complexity index is 1480. The smallest absolute Gasteiger partial charge is 0.195 e. The van der Waals surface area contributed by atoms with E-state index in [0.717, 1.165) is 43.4 Å². The molecule has 0 spiro atoms. The summed E-state index contributed by atoms with van der Waals surface area (Å²) in [5, 5.41) is -0.956. The molecule has 0 saturated heterocycles. The van der Waals surface area contributed by atoms with Crippen molar-refractivity contribution in [1.29, 1.82) is 0 Å². The maximum absolute atomic E-state index is 14.8. The molecule has 35 heavy (non-hydrogen) atoms. The summed E-state index contributed by atoms with van der Waals surface area (Å²) >= 11 is 0. The standard InChI is InChI=1S/C29H20F6/c1-2-3-4-5-17-6-9-19(23(30)12-17)10-7-18-8-11-22(24(31)13-18)20-14-21-16-26(33)28(34)29(35)27(21)25(32)15-20/h6,8-9,11-16H,2-5H2,1H3. The molecule has 0 atom stereocenters. The van der Waals surface area contributed by atoms with Gasteiger partial charge in [0.2, 0.25) is 0 Å². The quantitative estimate of drug-likeness (QED) is 0.116. The van der Waals surface area contributed by atoms with E-state index >= 15 is 0 Å². The Morgan fingerprint density at radius 1 is 0.657 bits per heavy atom. The second-order valence-electron chi connectivity index (χ2n) is 8.26. The van der Waals surface area contributed by atoms with Crippen LogP contribution in [0.3, 0.4) is 0 Å².